The normalized spacial score (nSPS) is 26.4. The third-order valence-corrected chi connectivity index (χ3v) is 8.59. The van der Waals surface area contributed by atoms with Crippen molar-refractivity contribution in [2.45, 2.75) is 153 Å². The first-order valence-corrected chi connectivity index (χ1v) is 16.7. The lowest BCUT2D eigenvalue weighted by Gasteiger charge is -2.28. The van der Waals surface area contributed by atoms with Gasteiger partial charge in [0, 0.05) is 25.7 Å². The molecule has 0 aliphatic carbocycles. The fraction of sp³-hybridized carbons (Fsp3) is 0.812. The minimum Gasteiger partial charge on any atom is -0.480 e. The number of aliphatic carboxylic acids is 1. The van der Waals surface area contributed by atoms with E-state index in [1.54, 1.807) is 0 Å². The summed E-state index contributed by atoms with van der Waals surface area (Å²) in [6.45, 7) is 2.55. The predicted molar refractivity (Wildman–Crippen MR) is 167 cm³/mol. The van der Waals surface area contributed by atoms with Crippen molar-refractivity contribution in [2.24, 2.45) is 5.73 Å². The van der Waals surface area contributed by atoms with Crippen molar-refractivity contribution in [1.82, 2.24) is 15.1 Å². The highest BCUT2D eigenvalue weighted by atomic mass is 16.6. The molecule has 3 amide bonds. The number of aliphatic hydroxyl groups is 2. The summed E-state index contributed by atoms with van der Waals surface area (Å²) in [7, 11) is 1.48. The zero-order valence-electron chi connectivity index (χ0n) is 27.1. The number of imide groups is 1. The number of aliphatic hydroxyl groups excluding tert-OH is 2. The van der Waals surface area contributed by atoms with Crippen LogP contribution in [0.4, 0.5) is 0 Å². The average Bonchev–Trinajstić information content (AvgIpc) is 3.54. The van der Waals surface area contributed by atoms with Gasteiger partial charge in [0.05, 0.1) is 0 Å². The number of unbranched alkanes of at least 4 members (excludes halogenated alkanes) is 12. The number of hydrogen-bond donors (Lipinski definition) is 5. The molecule has 2 rings (SSSR count). The standard InChI is InChI=1S/C32H56N4O9/c1-3-4-5-6-7-8-9-10-11-12-13-14-15-17-24(39)36-25(18-16-20-33)44-29(26(36)32(42)43)30-27(40)28(41)31(45-30)35(2)21-19-23(38)34-22-37/h19,21-22,25-31,40-41H,3-18,20,33H2,1-2H3,(H,42,43)(H,34,37,38)/b21-19-/t25-,26+,27?,28?,29+,30+,31-/m1/s1. The van der Waals surface area contributed by atoms with Gasteiger partial charge in [-0.15, -0.1) is 0 Å². The van der Waals surface area contributed by atoms with Crippen molar-refractivity contribution in [3.63, 3.8) is 0 Å². The van der Waals surface area contributed by atoms with Crippen LogP contribution in [-0.2, 0) is 28.7 Å². The van der Waals surface area contributed by atoms with Crippen LogP contribution in [0.25, 0.3) is 0 Å². The van der Waals surface area contributed by atoms with Crippen LogP contribution in [0.15, 0.2) is 12.3 Å². The second-order valence-electron chi connectivity index (χ2n) is 12.1. The molecule has 0 aromatic rings. The van der Waals surface area contributed by atoms with Crippen molar-refractivity contribution < 1.29 is 44.0 Å². The summed E-state index contributed by atoms with van der Waals surface area (Å²) in [4.78, 5) is 50.6. The highest BCUT2D eigenvalue weighted by Gasteiger charge is 2.58. The summed E-state index contributed by atoms with van der Waals surface area (Å²) in [6, 6.07) is -1.44. The summed E-state index contributed by atoms with van der Waals surface area (Å²) < 4.78 is 12.0. The second kappa shape index (κ2) is 21.3. The summed E-state index contributed by atoms with van der Waals surface area (Å²) in [5, 5.41) is 33.8. The molecule has 2 saturated heterocycles. The fourth-order valence-corrected chi connectivity index (χ4v) is 6.08. The Balaban J connectivity index is 1.94. The van der Waals surface area contributed by atoms with Crippen molar-refractivity contribution >= 4 is 24.2 Å². The van der Waals surface area contributed by atoms with Gasteiger partial charge in [0.15, 0.2) is 12.3 Å². The summed E-state index contributed by atoms with van der Waals surface area (Å²) in [6.07, 6.45) is 11.1. The summed E-state index contributed by atoms with van der Waals surface area (Å²) >= 11 is 0. The summed E-state index contributed by atoms with van der Waals surface area (Å²) in [5.74, 6) is -2.35. The Morgan fingerprint density at radius 3 is 1.98 bits per heavy atom. The number of nitrogens with one attached hydrogen (secondary N) is 1. The van der Waals surface area contributed by atoms with Crippen LogP contribution < -0.4 is 11.1 Å². The minimum absolute atomic E-state index is 0.173. The highest BCUT2D eigenvalue weighted by Crippen LogP contribution is 2.36. The van der Waals surface area contributed by atoms with E-state index in [2.05, 4.69) is 6.92 Å². The molecule has 0 radical (unpaired) electrons. The van der Waals surface area contributed by atoms with Crippen LogP contribution in [0.3, 0.4) is 0 Å². The average molecular weight is 641 g/mol. The number of carboxylic acids is 1. The number of hydrogen-bond acceptors (Lipinski definition) is 10. The zero-order valence-corrected chi connectivity index (χ0v) is 27.1. The maximum Gasteiger partial charge on any atom is 0.329 e. The largest absolute Gasteiger partial charge is 0.480 e. The Bertz CT molecular complexity index is 936. The van der Waals surface area contributed by atoms with Gasteiger partial charge in [-0.25, -0.2) is 4.79 Å². The monoisotopic (exact) mass is 640 g/mol. The Kier molecular flexibility index (Phi) is 18.2. The molecule has 0 bridgehead atoms. The van der Waals surface area contributed by atoms with E-state index in [4.69, 9.17) is 15.2 Å². The third kappa shape index (κ3) is 12.3. The first kappa shape index (κ1) is 38.6. The van der Waals surface area contributed by atoms with E-state index < -0.39 is 54.8 Å². The molecule has 2 heterocycles. The minimum atomic E-state index is -1.53. The van der Waals surface area contributed by atoms with Crippen LogP contribution in [-0.4, -0.2) is 106 Å². The zero-order chi connectivity index (χ0) is 33.2. The predicted octanol–water partition coefficient (Wildman–Crippen LogP) is 2.38. The molecule has 2 aliphatic rings. The topological polar surface area (TPSA) is 192 Å². The lowest BCUT2D eigenvalue weighted by Crippen LogP contribution is -2.52. The van der Waals surface area contributed by atoms with Crippen LogP contribution in [0, 0.1) is 0 Å². The van der Waals surface area contributed by atoms with Gasteiger partial charge in [-0.3, -0.25) is 19.7 Å². The lowest BCUT2D eigenvalue weighted by molar-refractivity contribution is -0.152. The molecule has 13 heteroatoms. The second-order valence-corrected chi connectivity index (χ2v) is 12.1. The summed E-state index contributed by atoms with van der Waals surface area (Å²) in [5.41, 5.74) is 5.70. The Labute approximate surface area is 267 Å². The molecule has 2 fully saturated rings. The van der Waals surface area contributed by atoms with Gasteiger partial charge in [0.2, 0.25) is 12.3 Å². The number of carbonyl (C=O) groups is 4. The van der Waals surface area contributed by atoms with Crippen molar-refractivity contribution in [2.75, 3.05) is 13.6 Å². The van der Waals surface area contributed by atoms with Crippen molar-refractivity contribution in [3.05, 3.63) is 12.3 Å². The number of likely N-dealkylation sites (N-methyl/N-ethyl adjacent to an activating group) is 1. The molecule has 0 spiro atoms. The molecule has 2 aliphatic heterocycles. The SMILES string of the molecule is CCCCCCCCCCCCCCCC(=O)N1[C@H](C(=O)O)[C@@H]([C@H]2O[C@@H](N(C)/C=C\C(=O)NC=O)C(O)C2O)O[C@@H]1CCCN. The smallest absolute Gasteiger partial charge is 0.329 e. The quantitative estimate of drug-likeness (QED) is 0.0626. The number of ether oxygens (including phenoxy) is 2. The van der Waals surface area contributed by atoms with Gasteiger partial charge in [0.1, 0.15) is 30.6 Å². The van der Waals surface area contributed by atoms with E-state index in [-0.39, 0.29) is 18.7 Å². The molecule has 2 unspecified atom stereocenters. The van der Waals surface area contributed by atoms with E-state index in [1.807, 2.05) is 5.32 Å². The van der Waals surface area contributed by atoms with Crippen molar-refractivity contribution in [3.8, 4) is 0 Å². The number of nitrogens with zero attached hydrogens (tertiary/aromatic N) is 2. The molecule has 13 nitrogen and oxygen atoms in total. The molecule has 45 heavy (non-hydrogen) atoms. The van der Waals surface area contributed by atoms with E-state index >= 15 is 0 Å². The van der Waals surface area contributed by atoms with E-state index in [1.165, 1.54) is 80.8 Å². The van der Waals surface area contributed by atoms with Gasteiger partial charge in [-0.2, -0.15) is 0 Å². The van der Waals surface area contributed by atoms with Crippen LogP contribution >= 0.6 is 0 Å². The van der Waals surface area contributed by atoms with E-state index in [9.17, 15) is 34.5 Å². The molecular weight excluding hydrogens is 584 g/mol. The first-order valence-electron chi connectivity index (χ1n) is 16.7. The van der Waals surface area contributed by atoms with Crippen LogP contribution in [0.2, 0.25) is 0 Å². The number of nitrogens with two attached hydrogens (primary N) is 1. The Morgan fingerprint density at radius 1 is 0.867 bits per heavy atom. The maximum absolute atomic E-state index is 13.4. The van der Waals surface area contributed by atoms with Crippen LogP contribution in [0.1, 0.15) is 110 Å². The number of amides is 3. The lowest BCUT2D eigenvalue weighted by atomic mass is 9.98. The van der Waals surface area contributed by atoms with Gasteiger partial charge >= 0.3 is 5.97 Å². The van der Waals surface area contributed by atoms with E-state index in [0.717, 1.165) is 25.3 Å². The third-order valence-electron chi connectivity index (χ3n) is 8.59. The molecule has 0 saturated carbocycles. The Hall–Kier alpha value is -2.58. The molecule has 0 aromatic heterocycles. The highest BCUT2D eigenvalue weighted by molar-refractivity contribution is 5.94. The Morgan fingerprint density at radius 2 is 1.44 bits per heavy atom. The van der Waals surface area contributed by atoms with Gasteiger partial charge in [-0.05, 0) is 25.8 Å². The molecule has 7 atom stereocenters. The van der Waals surface area contributed by atoms with Gasteiger partial charge < -0.3 is 40.3 Å². The molecule has 6 N–H and O–H groups in total. The van der Waals surface area contributed by atoms with Crippen LogP contribution in [0.5, 0.6) is 0 Å². The van der Waals surface area contributed by atoms with Gasteiger partial charge in [-0.1, -0.05) is 84.0 Å². The number of carboxylic acid groups (broad SMARTS) is 1. The first-order chi connectivity index (χ1) is 21.7. The van der Waals surface area contributed by atoms with Gasteiger partial charge in [0.25, 0.3) is 5.91 Å². The molecular formula is C32H56N4O9. The van der Waals surface area contributed by atoms with E-state index in [0.29, 0.717) is 25.8 Å². The maximum atomic E-state index is 13.4. The molecule has 258 valence electrons. The number of rotatable bonds is 23. The molecule has 0 aromatic carbocycles. The number of carbonyl (C=O) groups excluding carboxylic acids is 3. The fourth-order valence-electron chi connectivity index (χ4n) is 6.08. The van der Waals surface area contributed by atoms with Crippen molar-refractivity contribution in [1.29, 1.82) is 0 Å².